The average Bonchev–Trinajstić information content (AvgIpc) is 2.79. The van der Waals surface area contributed by atoms with E-state index in [1.54, 1.807) is 0 Å². The number of halogens is 1. The first-order valence-corrected chi connectivity index (χ1v) is 6.54. The van der Waals surface area contributed by atoms with Gasteiger partial charge in [0.1, 0.15) is 5.82 Å². The van der Waals surface area contributed by atoms with Crippen LogP contribution in [-0.4, -0.2) is 29.2 Å². The van der Waals surface area contributed by atoms with E-state index in [1.165, 1.54) is 0 Å². The van der Waals surface area contributed by atoms with Gasteiger partial charge in [-0.05, 0) is 30.9 Å². The molecule has 0 aromatic carbocycles. The summed E-state index contributed by atoms with van der Waals surface area (Å²) in [5.74, 6) is 0.795. The van der Waals surface area contributed by atoms with E-state index < -0.39 is 0 Å². The number of rotatable bonds is 5. The van der Waals surface area contributed by atoms with Crippen LogP contribution in [-0.2, 0) is 11.2 Å². The lowest BCUT2D eigenvalue weighted by Crippen LogP contribution is -2.19. The van der Waals surface area contributed by atoms with E-state index >= 15 is 0 Å². The van der Waals surface area contributed by atoms with Gasteiger partial charge in [-0.3, -0.25) is 0 Å². The van der Waals surface area contributed by atoms with Gasteiger partial charge in [0, 0.05) is 24.9 Å². The molecule has 1 aromatic rings. The van der Waals surface area contributed by atoms with Gasteiger partial charge in [-0.1, -0.05) is 13.3 Å². The van der Waals surface area contributed by atoms with Crippen molar-refractivity contribution in [1.82, 2.24) is 9.97 Å². The summed E-state index contributed by atoms with van der Waals surface area (Å²) in [4.78, 5) is 8.35. The van der Waals surface area contributed by atoms with Gasteiger partial charge in [-0.15, -0.1) is 0 Å². The summed E-state index contributed by atoms with van der Waals surface area (Å²) in [7, 11) is 0. The molecular weight excluding hydrogens is 238 g/mol. The minimum absolute atomic E-state index is 0.304. The zero-order valence-electron chi connectivity index (χ0n) is 10.1. The third kappa shape index (κ3) is 3.82. The normalized spacial score (nSPS) is 19.5. The van der Waals surface area contributed by atoms with Gasteiger partial charge in [-0.2, -0.15) is 0 Å². The Morgan fingerprint density at radius 1 is 1.53 bits per heavy atom. The van der Waals surface area contributed by atoms with E-state index in [9.17, 15) is 0 Å². The minimum Gasteiger partial charge on any atom is -0.376 e. The fraction of sp³-hybridized carbons (Fsp3) is 0.667. The standard InChI is InChI=1S/C12H18ClN3O/c1-2-4-9-7-11(16-12(13)15-9)14-8-10-5-3-6-17-10/h7,10H,2-6,8H2,1H3,(H,14,15,16). The maximum Gasteiger partial charge on any atom is 0.224 e. The van der Waals surface area contributed by atoms with E-state index in [1.807, 2.05) is 6.07 Å². The Balaban J connectivity index is 1.94. The molecule has 0 radical (unpaired) electrons. The van der Waals surface area contributed by atoms with Crippen LogP contribution in [0.2, 0.25) is 5.28 Å². The van der Waals surface area contributed by atoms with Crippen LogP contribution in [0.4, 0.5) is 5.82 Å². The molecule has 17 heavy (non-hydrogen) atoms. The second-order valence-electron chi connectivity index (χ2n) is 4.28. The SMILES string of the molecule is CCCc1cc(NCC2CCCO2)nc(Cl)n1. The van der Waals surface area contributed by atoms with Gasteiger partial charge >= 0.3 is 0 Å². The third-order valence-electron chi connectivity index (χ3n) is 2.79. The second kappa shape index (κ2) is 6.17. The van der Waals surface area contributed by atoms with Crippen LogP contribution in [0.25, 0.3) is 0 Å². The molecule has 0 bridgehead atoms. The molecule has 1 N–H and O–H groups in total. The molecule has 0 amide bonds. The monoisotopic (exact) mass is 255 g/mol. The van der Waals surface area contributed by atoms with Crippen molar-refractivity contribution in [3.05, 3.63) is 17.0 Å². The molecule has 0 saturated carbocycles. The second-order valence-corrected chi connectivity index (χ2v) is 4.62. The number of hydrogen-bond donors (Lipinski definition) is 1. The number of ether oxygens (including phenoxy) is 1. The van der Waals surface area contributed by atoms with Gasteiger partial charge in [0.15, 0.2) is 0 Å². The van der Waals surface area contributed by atoms with E-state index in [0.717, 1.165) is 50.3 Å². The van der Waals surface area contributed by atoms with Crippen molar-refractivity contribution in [2.75, 3.05) is 18.5 Å². The first kappa shape index (κ1) is 12.6. The Bertz CT molecular complexity index is 367. The van der Waals surface area contributed by atoms with Crippen LogP contribution in [0, 0.1) is 0 Å². The summed E-state index contributed by atoms with van der Waals surface area (Å²) in [5.41, 5.74) is 0.988. The van der Waals surface area contributed by atoms with Gasteiger partial charge in [0.25, 0.3) is 0 Å². The van der Waals surface area contributed by atoms with Crippen LogP contribution in [0.5, 0.6) is 0 Å². The molecule has 1 atom stereocenters. The molecule has 1 unspecified atom stereocenters. The fourth-order valence-electron chi connectivity index (χ4n) is 1.96. The lowest BCUT2D eigenvalue weighted by molar-refractivity contribution is 0.120. The zero-order chi connectivity index (χ0) is 12.1. The van der Waals surface area contributed by atoms with Crippen molar-refractivity contribution in [3.8, 4) is 0 Å². The largest absolute Gasteiger partial charge is 0.376 e. The Labute approximate surface area is 107 Å². The van der Waals surface area contributed by atoms with Crippen LogP contribution in [0.1, 0.15) is 31.9 Å². The number of nitrogens with zero attached hydrogens (tertiary/aromatic N) is 2. The number of nitrogens with one attached hydrogen (secondary N) is 1. The molecule has 1 aromatic heterocycles. The first-order valence-electron chi connectivity index (χ1n) is 6.17. The van der Waals surface area contributed by atoms with Gasteiger partial charge < -0.3 is 10.1 Å². The van der Waals surface area contributed by atoms with E-state index in [2.05, 4.69) is 22.2 Å². The van der Waals surface area contributed by atoms with E-state index in [4.69, 9.17) is 16.3 Å². The average molecular weight is 256 g/mol. The summed E-state index contributed by atoms with van der Waals surface area (Å²) >= 11 is 5.89. The van der Waals surface area contributed by atoms with Crippen LogP contribution in [0.15, 0.2) is 6.07 Å². The number of aromatic nitrogens is 2. The highest BCUT2D eigenvalue weighted by Gasteiger charge is 2.15. The van der Waals surface area contributed by atoms with E-state index in [-0.39, 0.29) is 0 Å². The van der Waals surface area contributed by atoms with Crippen LogP contribution < -0.4 is 5.32 Å². The molecule has 2 rings (SSSR count). The molecule has 5 heteroatoms. The quantitative estimate of drug-likeness (QED) is 0.822. The van der Waals surface area contributed by atoms with Gasteiger partial charge in [0.05, 0.1) is 6.10 Å². The predicted molar refractivity (Wildman–Crippen MR) is 68.5 cm³/mol. The number of hydrogen-bond acceptors (Lipinski definition) is 4. The van der Waals surface area contributed by atoms with Crippen LogP contribution >= 0.6 is 11.6 Å². The van der Waals surface area contributed by atoms with Crippen molar-refractivity contribution in [3.63, 3.8) is 0 Å². The Morgan fingerprint density at radius 2 is 2.41 bits per heavy atom. The number of anilines is 1. The predicted octanol–water partition coefficient (Wildman–Crippen LogP) is 2.67. The first-order chi connectivity index (χ1) is 8.28. The molecule has 1 aliphatic heterocycles. The maximum absolute atomic E-state index is 5.89. The topological polar surface area (TPSA) is 47.0 Å². The molecule has 1 aliphatic rings. The zero-order valence-corrected chi connectivity index (χ0v) is 10.8. The summed E-state index contributed by atoms with van der Waals surface area (Å²) in [6, 6.07) is 1.96. The summed E-state index contributed by atoms with van der Waals surface area (Å²) in [6.45, 7) is 3.78. The lowest BCUT2D eigenvalue weighted by Gasteiger charge is -2.12. The highest BCUT2D eigenvalue weighted by molar-refractivity contribution is 6.28. The van der Waals surface area contributed by atoms with Gasteiger partial charge in [-0.25, -0.2) is 9.97 Å². The Kier molecular flexibility index (Phi) is 4.57. The highest BCUT2D eigenvalue weighted by atomic mass is 35.5. The highest BCUT2D eigenvalue weighted by Crippen LogP contribution is 2.15. The summed E-state index contributed by atoms with van der Waals surface area (Å²) in [6.07, 6.45) is 4.55. The lowest BCUT2D eigenvalue weighted by atomic mass is 10.2. The smallest absolute Gasteiger partial charge is 0.224 e. The van der Waals surface area contributed by atoms with Crippen molar-refractivity contribution in [1.29, 1.82) is 0 Å². The molecular formula is C12H18ClN3O. The molecule has 0 aliphatic carbocycles. The van der Waals surface area contributed by atoms with Crippen molar-refractivity contribution >= 4 is 17.4 Å². The van der Waals surface area contributed by atoms with E-state index in [0.29, 0.717) is 11.4 Å². The van der Waals surface area contributed by atoms with Crippen molar-refractivity contribution in [2.45, 2.75) is 38.7 Å². The van der Waals surface area contributed by atoms with Crippen molar-refractivity contribution in [2.24, 2.45) is 0 Å². The molecule has 1 fully saturated rings. The summed E-state index contributed by atoms with van der Waals surface area (Å²) in [5, 5.41) is 3.58. The maximum atomic E-state index is 5.89. The van der Waals surface area contributed by atoms with Crippen molar-refractivity contribution < 1.29 is 4.74 Å². The number of aryl methyl sites for hydroxylation is 1. The fourth-order valence-corrected chi connectivity index (χ4v) is 2.16. The van der Waals surface area contributed by atoms with Gasteiger partial charge in [0.2, 0.25) is 5.28 Å². The molecule has 94 valence electrons. The third-order valence-corrected chi connectivity index (χ3v) is 2.96. The minimum atomic E-state index is 0.304. The summed E-state index contributed by atoms with van der Waals surface area (Å²) < 4.78 is 5.54. The Hall–Kier alpha value is -0.870. The molecule has 1 saturated heterocycles. The molecule has 0 spiro atoms. The molecule has 4 nitrogen and oxygen atoms in total. The molecule has 2 heterocycles. The van der Waals surface area contributed by atoms with Crippen LogP contribution in [0.3, 0.4) is 0 Å². The Morgan fingerprint density at radius 3 is 3.12 bits per heavy atom.